The van der Waals surface area contributed by atoms with Crippen LogP contribution in [-0.2, 0) is 0 Å². The minimum Gasteiger partial charge on any atom is -0.478 e. The quantitative estimate of drug-likeness (QED) is 0.645. The molecule has 0 aromatic carbocycles. The molecule has 1 rings (SSSR count). The topological polar surface area (TPSA) is 37.9 Å². The molecule has 0 unspecified atom stereocenters. The molecule has 0 spiro atoms. The summed E-state index contributed by atoms with van der Waals surface area (Å²) < 4.78 is 5.27. The van der Waals surface area contributed by atoms with Gasteiger partial charge in [0.25, 0.3) is 0 Å². The lowest BCUT2D eigenvalue weighted by Gasteiger charge is -1.99. The molecule has 0 aliphatic rings. The first-order valence-electron chi connectivity index (χ1n) is 3.54. The summed E-state index contributed by atoms with van der Waals surface area (Å²) in [5.41, 5.74) is 0. The standard InChI is InChI=1S/C7H12N2O/c1-2-3-4-10-7-5-8-6-9-7/h5-6H,2-4H2,1H3,(H,8,9). The molecule has 1 heterocycles. The molecule has 0 saturated heterocycles. The van der Waals surface area contributed by atoms with Crippen molar-refractivity contribution < 1.29 is 4.74 Å². The van der Waals surface area contributed by atoms with Gasteiger partial charge < -0.3 is 9.72 Å². The molecule has 10 heavy (non-hydrogen) atoms. The van der Waals surface area contributed by atoms with E-state index in [1.807, 2.05) is 0 Å². The van der Waals surface area contributed by atoms with Gasteiger partial charge in [0.2, 0.25) is 5.88 Å². The molecule has 3 nitrogen and oxygen atoms in total. The first-order valence-corrected chi connectivity index (χ1v) is 3.54. The molecule has 0 fully saturated rings. The normalized spacial score (nSPS) is 9.70. The Labute approximate surface area is 60.4 Å². The van der Waals surface area contributed by atoms with Gasteiger partial charge in [0.05, 0.1) is 19.1 Å². The number of rotatable bonds is 4. The number of aromatic amines is 1. The van der Waals surface area contributed by atoms with Gasteiger partial charge in [-0.15, -0.1) is 0 Å². The highest BCUT2D eigenvalue weighted by Gasteiger charge is 1.90. The average molecular weight is 140 g/mol. The van der Waals surface area contributed by atoms with E-state index in [4.69, 9.17) is 4.74 Å². The lowest BCUT2D eigenvalue weighted by Crippen LogP contribution is -1.95. The maximum atomic E-state index is 5.27. The first-order chi connectivity index (χ1) is 4.93. The number of hydrogen-bond acceptors (Lipinski definition) is 2. The summed E-state index contributed by atoms with van der Waals surface area (Å²) in [7, 11) is 0. The number of unbranched alkanes of at least 4 members (excludes halogenated alkanes) is 1. The molecule has 3 heteroatoms. The third kappa shape index (κ3) is 2.09. The lowest BCUT2D eigenvalue weighted by atomic mass is 10.4. The van der Waals surface area contributed by atoms with Gasteiger partial charge in [-0.25, -0.2) is 4.98 Å². The van der Waals surface area contributed by atoms with Crippen molar-refractivity contribution in [1.29, 1.82) is 0 Å². The number of H-pyrrole nitrogens is 1. The number of ether oxygens (including phenoxy) is 1. The minimum absolute atomic E-state index is 0.758. The van der Waals surface area contributed by atoms with E-state index in [1.165, 1.54) is 0 Å². The Kier molecular flexibility index (Phi) is 2.80. The molecule has 0 aliphatic heterocycles. The maximum absolute atomic E-state index is 5.27. The molecule has 0 atom stereocenters. The van der Waals surface area contributed by atoms with Crippen molar-refractivity contribution in [2.75, 3.05) is 6.61 Å². The van der Waals surface area contributed by atoms with Gasteiger partial charge >= 0.3 is 0 Å². The summed E-state index contributed by atoms with van der Waals surface area (Å²) in [6.07, 6.45) is 5.55. The molecule has 0 saturated carbocycles. The summed E-state index contributed by atoms with van der Waals surface area (Å²) in [6.45, 7) is 2.91. The molecular formula is C7H12N2O. The van der Waals surface area contributed by atoms with Crippen molar-refractivity contribution in [3.05, 3.63) is 12.5 Å². The van der Waals surface area contributed by atoms with E-state index in [0.29, 0.717) is 0 Å². The molecule has 0 radical (unpaired) electrons. The lowest BCUT2D eigenvalue weighted by molar-refractivity contribution is 0.299. The van der Waals surface area contributed by atoms with Crippen LogP contribution in [0.2, 0.25) is 0 Å². The van der Waals surface area contributed by atoms with Crippen LogP contribution in [0.4, 0.5) is 0 Å². The molecule has 1 aromatic heterocycles. The first kappa shape index (κ1) is 7.12. The predicted molar refractivity (Wildman–Crippen MR) is 39.0 cm³/mol. The highest BCUT2D eigenvalue weighted by molar-refractivity contribution is 5.00. The van der Waals surface area contributed by atoms with Crippen molar-refractivity contribution in [1.82, 2.24) is 9.97 Å². The zero-order valence-corrected chi connectivity index (χ0v) is 6.13. The van der Waals surface area contributed by atoms with E-state index in [0.717, 1.165) is 25.3 Å². The average Bonchev–Trinajstić information content (AvgIpc) is 2.41. The Morgan fingerprint density at radius 1 is 1.70 bits per heavy atom. The van der Waals surface area contributed by atoms with Crippen LogP contribution in [0, 0.1) is 0 Å². The zero-order valence-electron chi connectivity index (χ0n) is 6.13. The summed E-state index contributed by atoms with van der Waals surface area (Å²) in [5.74, 6) is 0.758. The monoisotopic (exact) mass is 140 g/mol. The highest BCUT2D eigenvalue weighted by atomic mass is 16.5. The van der Waals surface area contributed by atoms with E-state index in [9.17, 15) is 0 Å². The van der Waals surface area contributed by atoms with Gasteiger partial charge in [0, 0.05) is 0 Å². The maximum Gasteiger partial charge on any atom is 0.210 e. The van der Waals surface area contributed by atoms with Gasteiger partial charge in [-0.2, -0.15) is 0 Å². The summed E-state index contributed by atoms with van der Waals surface area (Å²) in [5, 5.41) is 0. The van der Waals surface area contributed by atoms with Crippen molar-refractivity contribution in [2.24, 2.45) is 0 Å². The fourth-order valence-electron chi connectivity index (χ4n) is 0.649. The van der Waals surface area contributed by atoms with Crippen LogP contribution < -0.4 is 4.74 Å². The van der Waals surface area contributed by atoms with Crippen LogP contribution in [0.1, 0.15) is 19.8 Å². The largest absolute Gasteiger partial charge is 0.478 e. The number of nitrogens with one attached hydrogen (secondary N) is 1. The van der Waals surface area contributed by atoms with Crippen molar-refractivity contribution in [3.63, 3.8) is 0 Å². The van der Waals surface area contributed by atoms with Gasteiger partial charge in [-0.05, 0) is 6.42 Å². The van der Waals surface area contributed by atoms with Crippen LogP contribution >= 0.6 is 0 Å². The SMILES string of the molecule is CCCCOc1cnc[nH]1. The number of hydrogen-bond donors (Lipinski definition) is 1. The number of nitrogens with zero attached hydrogens (tertiary/aromatic N) is 1. The highest BCUT2D eigenvalue weighted by Crippen LogP contribution is 2.01. The summed E-state index contributed by atoms with van der Waals surface area (Å²) >= 11 is 0. The Bertz CT molecular complexity index is 160. The Balaban J connectivity index is 2.15. The van der Waals surface area contributed by atoms with Gasteiger partial charge in [-0.1, -0.05) is 13.3 Å². The second-order valence-electron chi connectivity index (χ2n) is 2.12. The van der Waals surface area contributed by atoms with Gasteiger partial charge in [0.1, 0.15) is 0 Å². The Hall–Kier alpha value is -0.990. The molecule has 0 amide bonds. The second-order valence-corrected chi connectivity index (χ2v) is 2.12. The van der Waals surface area contributed by atoms with Crippen molar-refractivity contribution >= 4 is 0 Å². The van der Waals surface area contributed by atoms with Crippen molar-refractivity contribution in [2.45, 2.75) is 19.8 Å². The number of aromatic nitrogens is 2. The third-order valence-electron chi connectivity index (χ3n) is 1.23. The van der Waals surface area contributed by atoms with Gasteiger partial charge in [0.15, 0.2) is 0 Å². The van der Waals surface area contributed by atoms with E-state index >= 15 is 0 Å². The molecule has 0 bridgehead atoms. The fourth-order valence-corrected chi connectivity index (χ4v) is 0.649. The predicted octanol–water partition coefficient (Wildman–Crippen LogP) is 1.59. The van der Waals surface area contributed by atoms with Crippen LogP contribution in [0.15, 0.2) is 12.5 Å². The fraction of sp³-hybridized carbons (Fsp3) is 0.571. The number of imidazole rings is 1. The smallest absolute Gasteiger partial charge is 0.210 e. The van der Waals surface area contributed by atoms with E-state index in [-0.39, 0.29) is 0 Å². The third-order valence-corrected chi connectivity index (χ3v) is 1.23. The van der Waals surface area contributed by atoms with E-state index < -0.39 is 0 Å². The molecule has 1 N–H and O–H groups in total. The molecule has 0 aliphatic carbocycles. The van der Waals surface area contributed by atoms with Crippen molar-refractivity contribution in [3.8, 4) is 5.88 Å². The van der Waals surface area contributed by atoms with Crippen LogP contribution in [-0.4, -0.2) is 16.6 Å². The van der Waals surface area contributed by atoms with Crippen LogP contribution in [0.5, 0.6) is 5.88 Å². The molecular weight excluding hydrogens is 128 g/mol. The molecule has 56 valence electrons. The zero-order chi connectivity index (χ0) is 7.23. The molecule has 1 aromatic rings. The Morgan fingerprint density at radius 2 is 2.60 bits per heavy atom. The van der Waals surface area contributed by atoms with E-state index in [2.05, 4.69) is 16.9 Å². The van der Waals surface area contributed by atoms with Crippen LogP contribution in [0.3, 0.4) is 0 Å². The van der Waals surface area contributed by atoms with Gasteiger partial charge in [-0.3, -0.25) is 0 Å². The van der Waals surface area contributed by atoms with Crippen LogP contribution in [0.25, 0.3) is 0 Å². The second kappa shape index (κ2) is 3.93. The summed E-state index contributed by atoms with van der Waals surface area (Å²) in [6, 6.07) is 0. The Morgan fingerprint density at radius 3 is 3.20 bits per heavy atom. The van der Waals surface area contributed by atoms with E-state index in [1.54, 1.807) is 12.5 Å². The minimum atomic E-state index is 0.758. The summed E-state index contributed by atoms with van der Waals surface area (Å²) in [4.78, 5) is 6.68.